The van der Waals surface area contributed by atoms with Crippen molar-refractivity contribution in [1.29, 1.82) is 5.41 Å². The summed E-state index contributed by atoms with van der Waals surface area (Å²) >= 11 is 1.53. The Hall–Kier alpha value is -1.04. The van der Waals surface area contributed by atoms with Crippen molar-refractivity contribution in [3.05, 3.63) is 35.5 Å². The van der Waals surface area contributed by atoms with Crippen molar-refractivity contribution < 1.29 is 4.74 Å². The molecule has 1 unspecified atom stereocenters. The molecule has 0 aromatic rings. The summed E-state index contributed by atoms with van der Waals surface area (Å²) in [6.07, 6.45) is 13.1. The molecule has 2 aliphatic rings. The number of amidine groups is 1. The predicted molar refractivity (Wildman–Crippen MR) is 105 cm³/mol. The molecule has 2 rings (SSSR count). The van der Waals surface area contributed by atoms with Gasteiger partial charge in [-0.1, -0.05) is 43.0 Å². The Labute approximate surface area is 151 Å². The minimum atomic E-state index is 0.423. The quantitative estimate of drug-likeness (QED) is 0.468. The first-order valence-electron chi connectivity index (χ1n) is 8.92. The van der Waals surface area contributed by atoms with Gasteiger partial charge in [0.15, 0.2) is 5.17 Å². The third kappa shape index (κ3) is 5.50. The Morgan fingerprint density at radius 3 is 2.71 bits per heavy atom. The second-order valence-electron chi connectivity index (χ2n) is 6.26. The van der Waals surface area contributed by atoms with E-state index in [0.717, 1.165) is 52.2 Å². The van der Waals surface area contributed by atoms with E-state index in [9.17, 15) is 0 Å². The molecule has 2 aliphatic heterocycles. The zero-order valence-electron chi connectivity index (χ0n) is 15.3. The van der Waals surface area contributed by atoms with Crippen molar-refractivity contribution in [2.45, 2.75) is 32.7 Å². The summed E-state index contributed by atoms with van der Waals surface area (Å²) in [5.41, 5.74) is 2.78. The highest BCUT2D eigenvalue weighted by molar-refractivity contribution is 8.13. The zero-order chi connectivity index (χ0) is 17.4. The van der Waals surface area contributed by atoms with Gasteiger partial charge in [-0.05, 0) is 37.2 Å². The first kappa shape index (κ1) is 19.3. The standard InChI is InChI=1S/C19H31N3OS/c1-4-5-18(7-6-17-8-14-23-15-9-17)16(2)21-10-12-22(13-11-21)19(20)24-3/h5-8,16,20H,4,9-15H2,1-3H3/b7-6-,18-5+,20-19?. The predicted octanol–water partition coefficient (Wildman–Crippen LogP) is 3.53. The van der Waals surface area contributed by atoms with Crippen molar-refractivity contribution in [2.75, 3.05) is 45.6 Å². The van der Waals surface area contributed by atoms with E-state index in [1.165, 1.54) is 22.9 Å². The van der Waals surface area contributed by atoms with Crippen LogP contribution in [0.15, 0.2) is 35.5 Å². The van der Waals surface area contributed by atoms with Crippen LogP contribution in [-0.2, 0) is 4.74 Å². The second-order valence-corrected chi connectivity index (χ2v) is 7.05. The first-order chi connectivity index (χ1) is 11.7. The normalized spacial score (nSPS) is 21.9. The number of hydrogen-bond donors (Lipinski definition) is 1. The number of ether oxygens (including phenoxy) is 1. The van der Waals surface area contributed by atoms with Gasteiger partial charge in [0.2, 0.25) is 0 Å². The number of nitrogens with one attached hydrogen (secondary N) is 1. The van der Waals surface area contributed by atoms with Crippen LogP contribution in [0.1, 0.15) is 26.7 Å². The van der Waals surface area contributed by atoms with E-state index in [1.807, 2.05) is 6.26 Å². The van der Waals surface area contributed by atoms with Gasteiger partial charge in [-0.15, -0.1) is 0 Å². The summed E-state index contributed by atoms with van der Waals surface area (Å²) in [6.45, 7) is 10.0. The average molecular weight is 350 g/mol. The molecule has 2 heterocycles. The Kier molecular flexibility index (Phi) is 8.09. The van der Waals surface area contributed by atoms with Gasteiger partial charge in [-0.2, -0.15) is 0 Å². The van der Waals surface area contributed by atoms with Crippen molar-refractivity contribution in [3.63, 3.8) is 0 Å². The number of rotatable bonds is 5. The van der Waals surface area contributed by atoms with E-state index in [4.69, 9.17) is 10.1 Å². The Morgan fingerprint density at radius 2 is 2.12 bits per heavy atom. The van der Waals surface area contributed by atoms with Crippen LogP contribution >= 0.6 is 11.8 Å². The molecule has 0 saturated carbocycles. The molecule has 0 aromatic carbocycles. The third-order valence-electron chi connectivity index (χ3n) is 4.75. The number of piperazine rings is 1. The van der Waals surface area contributed by atoms with E-state index < -0.39 is 0 Å². The van der Waals surface area contributed by atoms with Crippen molar-refractivity contribution in [1.82, 2.24) is 9.80 Å². The smallest absolute Gasteiger partial charge is 0.156 e. The molecule has 134 valence electrons. The number of nitrogens with zero attached hydrogens (tertiary/aromatic N) is 2. The summed E-state index contributed by atoms with van der Waals surface area (Å²) < 4.78 is 5.38. The van der Waals surface area contributed by atoms with Crippen LogP contribution in [0.5, 0.6) is 0 Å². The minimum Gasteiger partial charge on any atom is -0.377 e. The third-order valence-corrected chi connectivity index (χ3v) is 5.40. The maximum atomic E-state index is 7.97. The summed E-state index contributed by atoms with van der Waals surface area (Å²) in [5, 5.41) is 8.66. The van der Waals surface area contributed by atoms with Gasteiger partial charge in [0.05, 0.1) is 13.2 Å². The van der Waals surface area contributed by atoms with E-state index in [2.05, 4.69) is 48.0 Å². The van der Waals surface area contributed by atoms with Crippen LogP contribution in [0.3, 0.4) is 0 Å². The fourth-order valence-corrected chi connectivity index (χ4v) is 3.60. The van der Waals surface area contributed by atoms with Crippen molar-refractivity contribution in [3.8, 4) is 0 Å². The van der Waals surface area contributed by atoms with Gasteiger partial charge in [-0.25, -0.2) is 0 Å². The van der Waals surface area contributed by atoms with Gasteiger partial charge >= 0.3 is 0 Å². The Bertz CT molecular complexity index is 505. The maximum absolute atomic E-state index is 7.97. The molecule has 1 atom stereocenters. The van der Waals surface area contributed by atoms with Crippen LogP contribution in [0.4, 0.5) is 0 Å². The molecule has 0 aliphatic carbocycles. The molecule has 0 aromatic heterocycles. The van der Waals surface area contributed by atoms with Crippen LogP contribution < -0.4 is 0 Å². The second kappa shape index (κ2) is 10.1. The molecule has 0 amide bonds. The molecule has 1 fully saturated rings. The van der Waals surface area contributed by atoms with Crippen LogP contribution in [0.25, 0.3) is 0 Å². The molecule has 24 heavy (non-hydrogen) atoms. The lowest BCUT2D eigenvalue weighted by Gasteiger charge is -2.39. The lowest BCUT2D eigenvalue weighted by atomic mass is 10.0. The van der Waals surface area contributed by atoms with E-state index in [1.54, 1.807) is 0 Å². The van der Waals surface area contributed by atoms with E-state index >= 15 is 0 Å². The van der Waals surface area contributed by atoms with Gasteiger partial charge in [0.25, 0.3) is 0 Å². The lowest BCUT2D eigenvalue weighted by Crippen LogP contribution is -2.50. The van der Waals surface area contributed by atoms with Gasteiger partial charge in [0, 0.05) is 32.2 Å². The fourth-order valence-electron chi connectivity index (χ4n) is 3.16. The number of hydrogen-bond acceptors (Lipinski definition) is 4. The average Bonchev–Trinajstić information content (AvgIpc) is 2.65. The van der Waals surface area contributed by atoms with Crippen molar-refractivity contribution >= 4 is 16.9 Å². The zero-order valence-corrected chi connectivity index (χ0v) is 16.1. The molecule has 5 heteroatoms. The summed E-state index contributed by atoms with van der Waals surface area (Å²) in [5.74, 6) is 0. The molecular formula is C19H31N3OS. The highest BCUT2D eigenvalue weighted by Gasteiger charge is 2.23. The highest BCUT2D eigenvalue weighted by Crippen LogP contribution is 2.18. The Morgan fingerprint density at radius 1 is 1.38 bits per heavy atom. The number of thioether (sulfide) groups is 1. The van der Waals surface area contributed by atoms with E-state index in [0.29, 0.717) is 11.2 Å². The summed E-state index contributed by atoms with van der Waals surface area (Å²) in [6, 6.07) is 0.423. The molecule has 0 spiro atoms. The van der Waals surface area contributed by atoms with Crippen LogP contribution in [0.2, 0.25) is 0 Å². The lowest BCUT2D eigenvalue weighted by molar-refractivity contribution is 0.155. The molecule has 0 bridgehead atoms. The van der Waals surface area contributed by atoms with Gasteiger partial charge in [0.1, 0.15) is 0 Å². The first-order valence-corrected chi connectivity index (χ1v) is 10.1. The highest BCUT2D eigenvalue weighted by atomic mass is 32.2. The summed E-state index contributed by atoms with van der Waals surface area (Å²) in [4.78, 5) is 4.72. The molecule has 1 N–H and O–H groups in total. The molecule has 0 radical (unpaired) electrons. The summed E-state index contributed by atoms with van der Waals surface area (Å²) in [7, 11) is 0. The number of allylic oxidation sites excluding steroid dienone is 2. The topological polar surface area (TPSA) is 39.6 Å². The van der Waals surface area contributed by atoms with Crippen LogP contribution in [-0.4, -0.2) is 66.7 Å². The van der Waals surface area contributed by atoms with Gasteiger partial charge in [-0.3, -0.25) is 10.3 Å². The molecule has 1 saturated heterocycles. The van der Waals surface area contributed by atoms with Crippen LogP contribution in [0, 0.1) is 5.41 Å². The minimum absolute atomic E-state index is 0.423. The van der Waals surface area contributed by atoms with Gasteiger partial charge < -0.3 is 9.64 Å². The molecule has 4 nitrogen and oxygen atoms in total. The van der Waals surface area contributed by atoms with E-state index in [-0.39, 0.29) is 0 Å². The van der Waals surface area contributed by atoms with Crippen molar-refractivity contribution in [2.24, 2.45) is 0 Å². The fraction of sp³-hybridized carbons (Fsp3) is 0.632. The Balaban J connectivity index is 1.95. The molecular weight excluding hydrogens is 318 g/mol. The SMILES string of the molecule is CC/C=C(\C=C/C1=CCOCC1)C(C)N1CCN(C(=N)SC)CC1. The monoisotopic (exact) mass is 349 g/mol. The maximum Gasteiger partial charge on any atom is 0.156 e. The largest absolute Gasteiger partial charge is 0.377 e.